The van der Waals surface area contributed by atoms with Gasteiger partial charge in [0.25, 0.3) is 0 Å². The normalized spacial score (nSPS) is 12.7. The molecule has 0 rings (SSSR count). The van der Waals surface area contributed by atoms with Crippen molar-refractivity contribution in [2.45, 2.75) is 72.6 Å². The molecule has 20 heavy (non-hydrogen) atoms. The van der Waals surface area contributed by atoms with Gasteiger partial charge in [0.05, 0.1) is 5.92 Å². The molecule has 1 unspecified atom stereocenters. The monoisotopic (exact) mass is 284 g/mol. The second-order valence-electron chi connectivity index (χ2n) is 6.30. The highest BCUT2D eigenvalue weighted by Gasteiger charge is 2.23. The molecule has 1 amide bonds. The van der Waals surface area contributed by atoms with Crippen LogP contribution in [-0.4, -0.2) is 30.4 Å². The Labute approximate surface area is 126 Å². The van der Waals surface area contributed by atoms with E-state index in [2.05, 4.69) is 32.6 Å². The van der Waals surface area contributed by atoms with Gasteiger partial charge in [-0.05, 0) is 25.2 Å². The molecule has 0 fully saturated rings. The van der Waals surface area contributed by atoms with Crippen LogP contribution in [0.1, 0.15) is 72.6 Å². The quantitative estimate of drug-likeness (QED) is 0.554. The van der Waals surface area contributed by atoms with Gasteiger partial charge >= 0.3 is 0 Å². The molecule has 0 aromatic carbocycles. The predicted octanol–water partition coefficient (Wildman–Crippen LogP) is 3.82. The Morgan fingerprint density at radius 2 is 1.50 bits per heavy atom. The smallest absolute Gasteiger partial charge is 0.226 e. The van der Waals surface area contributed by atoms with Crippen LogP contribution in [0.4, 0.5) is 0 Å². The molecule has 0 aliphatic carbocycles. The molecule has 0 saturated carbocycles. The van der Waals surface area contributed by atoms with E-state index in [1.807, 2.05) is 0 Å². The highest BCUT2D eigenvalue weighted by atomic mass is 16.2. The second kappa shape index (κ2) is 12.2. The van der Waals surface area contributed by atoms with Crippen LogP contribution < -0.4 is 5.73 Å². The van der Waals surface area contributed by atoms with Crippen LogP contribution in [0.5, 0.6) is 0 Å². The van der Waals surface area contributed by atoms with Crippen LogP contribution in [-0.2, 0) is 4.79 Å². The summed E-state index contributed by atoms with van der Waals surface area (Å²) in [6.45, 7) is 11.0. The average molecular weight is 284 g/mol. The molecule has 3 heteroatoms. The lowest BCUT2D eigenvalue weighted by molar-refractivity contribution is -0.136. The largest absolute Gasteiger partial charge is 0.342 e. The minimum Gasteiger partial charge on any atom is -0.342 e. The first kappa shape index (κ1) is 19.4. The summed E-state index contributed by atoms with van der Waals surface area (Å²) < 4.78 is 0. The van der Waals surface area contributed by atoms with Crippen LogP contribution in [0.15, 0.2) is 0 Å². The van der Waals surface area contributed by atoms with Crippen LogP contribution in [0.2, 0.25) is 0 Å². The fraction of sp³-hybridized carbons (Fsp3) is 0.941. The highest BCUT2D eigenvalue weighted by molar-refractivity contribution is 5.79. The van der Waals surface area contributed by atoms with Crippen molar-refractivity contribution < 1.29 is 4.79 Å². The molecule has 120 valence electrons. The van der Waals surface area contributed by atoms with Crippen molar-refractivity contribution in [2.75, 3.05) is 19.6 Å². The fourth-order valence-corrected chi connectivity index (χ4v) is 2.56. The minimum absolute atomic E-state index is 0.0123. The van der Waals surface area contributed by atoms with Gasteiger partial charge in [-0.25, -0.2) is 0 Å². The molecule has 0 saturated heterocycles. The zero-order valence-corrected chi connectivity index (χ0v) is 14.2. The molecule has 3 nitrogen and oxygen atoms in total. The third-order valence-corrected chi connectivity index (χ3v) is 3.76. The zero-order valence-electron chi connectivity index (χ0n) is 14.2. The molecular weight excluding hydrogens is 248 g/mol. The summed E-state index contributed by atoms with van der Waals surface area (Å²) in [7, 11) is 0. The summed E-state index contributed by atoms with van der Waals surface area (Å²) >= 11 is 0. The van der Waals surface area contributed by atoms with E-state index in [-0.39, 0.29) is 11.8 Å². The van der Waals surface area contributed by atoms with Crippen molar-refractivity contribution in [3.63, 3.8) is 0 Å². The van der Waals surface area contributed by atoms with Crippen LogP contribution in [0.25, 0.3) is 0 Å². The Bertz CT molecular complexity index is 231. The van der Waals surface area contributed by atoms with E-state index in [0.717, 1.165) is 32.4 Å². The summed E-state index contributed by atoms with van der Waals surface area (Å²) in [5, 5.41) is 0. The Hall–Kier alpha value is -0.570. The molecule has 0 aromatic heterocycles. The van der Waals surface area contributed by atoms with Gasteiger partial charge in [0.2, 0.25) is 5.91 Å². The van der Waals surface area contributed by atoms with Gasteiger partial charge in [0.15, 0.2) is 0 Å². The fourth-order valence-electron chi connectivity index (χ4n) is 2.56. The Morgan fingerprint density at radius 1 is 1.00 bits per heavy atom. The number of nitrogens with two attached hydrogens (primary N) is 1. The minimum atomic E-state index is 0.0123. The lowest BCUT2D eigenvalue weighted by Crippen LogP contribution is -2.40. The summed E-state index contributed by atoms with van der Waals surface area (Å²) in [6, 6.07) is 0. The average Bonchev–Trinajstić information content (AvgIpc) is 2.42. The maximum absolute atomic E-state index is 12.6. The number of carbonyl (C=O) groups excluding carboxylic acids is 1. The number of carbonyl (C=O) groups is 1. The predicted molar refractivity (Wildman–Crippen MR) is 87.6 cm³/mol. The number of hydrogen-bond donors (Lipinski definition) is 1. The van der Waals surface area contributed by atoms with Gasteiger partial charge in [-0.15, -0.1) is 0 Å². The molecule has 0 aliphatic rings. The van der Waals surface area contributed by atoms with E-state index in [1.54, 1.807) is 0 Å². The Balaban J connectivity index is 4.48. The van der Waals surface area contributed by atoms with Gasteiger partial charge < -0.3 is 10.6 Å². The first-order chi connectivity index (χ1) is 9.56. The lowest BCUT2D eigenvalue weighted by Gasteiger charge is -2.28. The van der Waals surface area contributed by atoms with Gasteiger partial charge in [-0.1, -0.05) is 53.4 Å². The van der Waals surface area contributed by atoms with Crippen LogP contribution in [0, 0.1) is 11.8 Å². The molecule has 0 aromatic rings. The summed E-state index contributed by atoms with van der Waals surface area (Å²) in [4.78, 5) is 14.7. The van der Waals surface area contributed by atoms with Crippen molar-refractivity contribution in [1.82, 2.24) is 4.90 Å². The Kier molecular flexibility index (Phi) is 11.8. The van der Waals surface area contributed by atoms with Crippen molar-refractivity contribution in [3.8, 4) is 0 Å². The number of unbranched alkanes of at least 4 members (excludes halogenated alkanes) is 4. The number of rotatable bonds is 12. The summed E-state index contributed by atoms with van der Waals surface area (Å²) in [6.07, 6.45) is 7.95. The van der Waals surface area contributed by atoms with Crippen LogP contribution in [0.3, 0.4) is 0 Å². The molecule has 1 atom stereocenters. The third-order valence-electron chi connectivity index (χ3n) is 3.76. The molecule has 0 aliphatic heterocycles. The van der Waals surface area contributed by atoms with E-state index in [4.69, 9.17) is 5.73 Å². The van der Waals surface area contributed by atoms with Gasteiger partial charge in [-0.2, -0.15) is 0 Å². The third kappa shape index (κ3) is 8.57. The van der Waals surface area contributed by atoms with Crippen LogP contribution >= 0.6 is 0 Å². The second-order valence-corrected chi connectivity index (χ2v) is 6.30. The first-order valence-corrected chi connectivity index (χ1v) is 8.55. The number of hydrogen-bond acceptors (Lipinski definition) is 2. The first-order valence-electron chi connectivity index (χ1n) is 8.55. The van der Waals surface area contributed by atoms with E-state index in [9.17, 15) is 4.79 Å². The van der Waals surface area contributed by atoms with Crippen molar-refractivity contribution in [2.24, 2.45) is 17.6 Å². The lowest BCUT2D eigenvalue weighted by atomic mass is 9.95. The Morgan fingerprint density at radius 3 is 1.85 bits per heavy atom. The molecule has 0 heterocycles. The molecule has 0 bridgehead atoms. The van der Waals surface area contributed by atoms with E-state index in [0.29, 0.717) is 12.5 Å². The SMILES string of the molecule is CCCCCN(CCCCC)C(=O)C(CN)CC(C)C. The molecule has 0 radical (unpaired) electrons. The summed E-state index contributed by atoms with van der Waals surface area (Å²) in [5.74, 6) is 0.826. The van der Waals surface area contributed by atoms with E-state index < -0.39 is 0 Å². The zero-order chi connectivity index (χ0) is 15.4. The number of amides is 1. The molecule has 0 spiro atoms. The van der Waals surface area contributed by atoms with E-state index in [1.165, 1.54) is 25.7 Å². The summed E-state index contributed by atoms with van der Waals surface area (Å²) in [5.41, 5.74) is 5.82. The topological polar surface area (TPSA) is 46.3 Å². The van der Waals surface area contributed by atoms with Gasteiger partial charge in [0.1, 0.15) is 0 Å². The van der Waals surface area contributed by atoms with Crippen molar-refractivity contribution in [1.29, 1.82) is 0 Å². The highest BCUT2D eigenvalue weighted by Crippen LogP contribution is 2.15. The number of nitrogens with zero attached hydrogens (tertiary/aromatic N) is 1. The molecular formula is C17H36N2O. The van der Waals surface area contributed by atoms with Crippen molar-refractivity contribution in [3.05, 3.63) is 0 Å². The maximum Gasteiger partial charge on any atom is 0.226 e. The maximum atomic E-state index is 12.6. The molecule has 2 N–H and O–H groups in total. The van der Waals surface area contributed by atoms with Crippen molar-refractivity contribution >= 4 is 5.91 Å². The van der Waals surface area contributed by atoms with Gasteiger partial charge in [-0.3, -0.25) is 4.79 Å². The standard InChI is InChI=1S/C17H36N2O/c1-5-7-9-11-19(12-10-8-6-2)17(20)16(14-18)13-15(3)4/h15-16H,5-14,18H2,1-4H3. The van der Waals surface area contributed by atoms with E-state index >= 15 is 0 Å². The van der Waals surface area contributed by atoms with Gasteiger partial charge in [0, 0.05) is 19.6 Å².